The van der Waals surface area contributed by atoms with Gasteiger partial charge in [-0.25, -0.2) is 5.84 Å². The maximum Gasteiger partial charge on any atom is 0.243 e. The van der Waals surface area contributed by atoms with Crippen LogP contribution in [-0.4, -0.2) is 34.1 Å². The first-order chi connectivity index (χ1) is 9.22. The van der Waals surface area contributed by atoms with Gasteiger partial charge in [-0.15, -0.1) is 0 Å². The number of nitrogens with one attached hydrogen (secondary N) is 2. The van der Waals surface area contributed by atoms with Gasteiger partial charge in [0, 0.05) is 19.1 Å². The molecule has 0 spiro atoms. The van der Waals surface area contributed by atoms with Gasteiger partial charge in [0.05, 0.1) is 0 Å². The zero-order valence-corrected chi connectivity index (χ0v) is 11.7. The molecule has 7 heteroatoms. The second-order valence-electron chi connectivity index (χ2n) is 4.93. The summed E-state index contributed by atoms with van der Waals surface area (Å²) in [6.45, 7) is 6.21. The number of nitrogens with zero attached hydrogens (tertiary/aromatic N) is 4. The molecule has 0 bridgehead atoms. The van der Waals surface area contributed by atoms with Crippen LogP contribution < -0.4 is 21.5 Å². The van der Waals surface area contributed by atoms with Crippen molar-refractivity contribution in [2.75, 3.05) is 28.7 Å². The fraction of sp³-hybridized carbons (Fsp3) is 0.750. The highest BCUT2D eigenvalue weighted by Gasteiger charge is 2.16. The average Bonchev–Trinajstić information content (AvgIpc) is 2.47. The van der Waals surface area contributed by atoms with Crippen LogP contribution in [0.15, 0.2) is 0 Å². The third kappa shape index (κ3) is 3.66. The molecule has 1 aromatic heterocycles. The van der Waals surface area contributed by atoms with Gasteiger partial charge in [0.15, 0.2) is 0 Å². The maximum absolute atomic E-state index is 5.43. The first-order valence-electron chi connectivity index (χ1n) is 6.97. The predicted molar refractivity (Wildman–Crippen MR) is 77.1 cm³/mol. The lowest BCUT2D eigenvalue weighted by Gasteiger charge is -2.27. The first-order valence-corrected chi connectivity index (χ1v) is 6.97. The summed E-state index contributed by atoms with van der Waals surface area (Å²) >= 11 is 0. The molecule has 1 unspecified atom stereocenters. The van der Waals surface area contributed by atoms with Crippen molar-refractivity contribution in [3.63, 3.8) is 0 Å². The van der Waals surface area contributed by atoms with E-state index in [1.807, 2.05) is 0 Å². The zero-order chi connectivity index (χ0) is 13.7. The number of piperidine rings is 1. The monoisotopic (exact) mass is 265 g/mol. The number of nitrogens with two attached hydrogens (primary N) is 1. The molecule has 7 nitrogen and oxygen atoms in total. The lowest BCUT2D eigenvalue weighted by molar-refractivity contribution is 0.567. The average molecular weight is 265 g/mol. The van der Waals surface area contributed by atoms with Crippen molar-refractivity contribution < 1.29 is 0 Å². The van der Waals surface area contributed by atoms with Crippen LogP contribution in [0, 0.1) is 0 Å². The second kappa shape index (κ2) is 6.51. The topological polar surface area (TPSA) is 92.0 Å². The van der Waals surface area contributed by atoms with Gasteiger partial charge < -0.3 is 10.2 Å². The Bertz CT molecular complexity index is 403. The molecule has 106 valence electrons. The standard InChI is InChI=1S/C12H23N7/c1-3-9(2)14-10-15-11(18-13)17-12(16-10)19-7-5-4-6-8-19/h9H,3-8,13H2,1-2H3,(H2,14,15,16,17,18). The number of hydrogen-bond donors (Lipinski definition) is 3. The van der Waals surface area contributed by atoms with E-state index in [-0.39, 0.29) is 0 Å². The highest BCUT2D eigenvalue weighted by atomic mass is 15.4. The van der Waals surface area contributed by atoms with Crippen LogP contribution in [-0.2, 0) is 0 Å². The summed E-state index contributed by atoms with van der Waals surface area (Å²) in [6.07, 6.45) is 4.66. The Morgan fingerprint density at radius 3 is 2.47 bits per heavy atom. The molecule has 0 amide bonds. The molecule has 4 N–H and O–H groups in total. The van der Waals surface area contributed by atoms with E-state index < -0.39 is 0 Å². The molecule has 19 heavy (non-hydrogen) atoms. The van der Waals surface area contributed by atoms with E-state index in [2.05, 4.69) is 44.4 Å². The van der Waals surface area contributed by atoms with E-state index in [1.165, 1.54) is 19.3 Å². The van der Waals surface area contributed by atoms with Crippen molar-refractivity contribution in [3.8, 4) is 0 Å². The Labute approximate surface area is 114 Å². The smallest absolute Gasteiger partial charge is 0.243 e. The highest BCUT2D eigenvalue weighted by molar-refractivity contribution is 5.43. The lowest BCUT2D eigenvalue weighted by Crippen LogP contribution is -2.32. The van der Waals surface area contributed by atoms with Gasteiger partial charge >= 0.3 is 0 Å². The SMILES string of the molecule is CCC(C)Nc1nc(NN)nc(N2CCCCC2)n1. The van der Waals surface area contributed by atoms with Crippen molar-refractivity contribution in [3.05, 3.63) is 0 Å². The quantitative estimate of drug-likeness (QED) is 0.547. The number of nitrogen functional groups attached to an aromatic ring is 1. The fourth-order valence-corrected chi connectivity index (χ4v) is 2.05. The molecular formula is C12H23N7. The van der Waals surface area contributed by atoms with Crippen LogP contribution in [0.3, 0.4) is 0 Å². The van der Waals surface area contributed by atoms with Crippen molar-refractivity contribution in [2.45, 2.75) is 45.6 Å². The minimum atomic E-state index is 0.322. The molecule has 1 saturated heterocycles. The molecule has 1 fully saturated rings. The highest BCUT2D eigenvalue weighted by Crippen LogP contribution is 2.18. The van der Waals surface area contributed by atoms with Crippen LogP contribution in [0.1, 0.15) is 39.5 Å². The van der Waals surface area contributed by atoms with Gasteiger partial charge in [-0.1, -0.05) is 6.92 Å². The minimum absolute atomic E-state index is 0.322. The molecule has 0 aromatic carbocycles. The van der Waals surface area contributed by atoms with Gasteiger partial charge in [0.1, 0.15) is 0 Å². The van der Waals surface area contributed by atoms with Crippen LogP contribution in [0.4, 0.5) is 17.8 Å². The van der Waals surface area contributed by atoms with Crippen LogP contribution in [0.5, 0.6) is 0 Å². The molecule has 0 aliphatic carbocycles. The summed E-state index contributed by atoms with van der Waals surface area (Å²) in [6, 6.07) is 0.322. The molecule has 2 rings (SSSR count). The maximum atomic E-state index is 5.43. The van der Waals surface area contributed by atoms with E-state index in [4.69, 9.17) is 5.84 Å². The van der Waals surface area contributed by atoms with E-state index in [0.29, 0.717) is 23.9 Å². The van der Waals surface area contributed by atoms with Crippen LogP contribution in [0.2, 0.25) is 0 Å². The number of aromatic nitrogens is 3. The Balaban J connectivity index is 2.19. The van der Waals surface area contributed by atoms with Gasteiger partial charge in [0.25, 0.3) is 0 Å². The number of hydrazine groups is 1. The number of hydrogen-bond acceptors (Lipinski definition) is 7. The molecule has 1 atom stereocenters. The Kier molecular flexibility index (Phi) is 4.73. The molecule has 1 aliphatic heterocycles. The van der Waals surface area contributed by atoms with Crippen molar-refractivity contribution in [1.29, 1.82) is 0 Å². The lowest BCUT2D eigenvalue weighted by atomic mass is 10.1. The van der Waals surface area contributed by atoms with E-state index in [0.717, 1.165) is 19.5 Å². The molecule has 1 aromatic rings. The third-order valence-electron chi connectivity index (χ3n) is 3.38. The van der Waals surface area contributed by atoms with E-state index >= 15 is 0 Å². The normalized spacial score (nSPS) is 17.1. The fourth-order valence-electron chi connectivity index (χ4n) is 2.05. The number of anilines is 3. The summed E-state index contributed by atoms with van der Waals surface area (Å²) in [4.78, 5) is 15.3. The van der Waals surface area contributed by atoms with Gasteiger partial charge in [0.2, 0.25) is 17.8 Å². The molecule has 2 heterocycles. The summed E-state index contributed by atoms with van der Waals surface area (Å²) in [5.74, 6) is 7.12. The Hall–Kier alpha value is -1.63. The number of rotatable bonds is 5. The summed E-state index contributed by atoms with van der Waals surface area (Å²) in [5.41, 5.74) is 2.51. The Morgan fingerprint density at radius 2 is 1.84 bits per heavy atom. The zero-order valence-electron chi connectivity index (χ0n) is 11.7. The predicted octanol–water partition coefficient (Wildman–Crippen LogP) is 1.36. The largest absolute Gasteiger partial charge is 0.352 e. The molecule has 0 radical (unpaired) electrons. The van der Waals surface area contributed by atoms with E-state index in [1.54, 1.807) is 0 Å². The van der Waals surface area contributed by atoms with Gasteiger partial charge in [-0.2, -0.15) is 15.0 Å². The van der Waals surface area contributed by atoms with Crippen molar-refractivity contribution in [2.24, 2.45) is 5.84 Å². The first kappa shape index (κ1) is 13.8. The van der Waals surface area contributed by atoms with Crippen LogP contribution in [0.25, 0.3) is 0 Å². The summed E-state index contributed by atoms with van der Waals surface area (Å²) in [7, 11) is 0. The summed E-state index contributed by atoms with van der Waals surface area (Å²) < 4.78 is 0. The van der Waals surface area contributed by atoms with Crippen molar-refractivity contribution >= 4 is 17.8 Å². The van der Waals surface area contributed by atoms with Crippen molar-refractivity contribution in [1.82, 2.24) is 15.0 Å². The molecule has 0 saturated carbocycles. The van der Waals surface area contributed by atoms with Gasteiger partial charge in [-0.05, 0) is 32.6 Å². The van der Waals surface area contributed by atoms with Gasteiger partial charge in [-0.3, -0.25) is 5.43 Å². The summed E-state index contributed by atoms with van der Waals surface area (Å²) in [5, 5.41) is 3.26. The second-order valence-corrected chi connectivity index (χ2v) is 4.93. The molecular weight excluding hydrogens is 242 g/mol. The molecule has 1 aliphatic rings. The van der Waals surface area contributed by atoms with E-state index in [9.17, 15) is 0 Å². The van der Waals surface area contributed by atoms with Crippen LogP contribution >= 0.6 is 0 Å². The third-order valence-corrected chi connectivity index (χ3v) is 3.38. The Morgan fingerprint density at radius 1 is 1.16 bits per heavy atom. The minimum Gasteiger partial charge on any atom is -0.352 e.